The van der Waals surface area contributed by atoms with Crippen LogP contribution in [-0.2, 0) is 9.47 Å². The summed E-state index contributed by atoms with van der Waals surface area (Å²) in [4.78, 5) is 24.4. The van der Waals surface area contributed by atoms with E-state index in [0.717, 1.165) is 26.3 Å². The fraction of sp³-hybridized carbons (Fsp3) is 0.533. The molecule has 1 N–H and O–H groups in total. The molecule has 0 aliphatic carbocycles. The van der Waals surface area contributed by atoms with Gasteiger partial charge in [0.25, 0.3) is 5.69 Å². The molecule has 1 aliphatic heterocycles. The minimum atomic E-state index is -0.721. The highest BCUT2D eigenvalue weighted by atomic mass is 16.6. The van der Waals surface area contributed by atoms with Crippen LogP contribution in [0.1, 0.15) is 17.3 Å². The number of nitrogens with zero attached hydrogens (tertiary/aromatic N) is 2. The molecule has 0 amide bonds. The van der Waals surface area contributed by atoms with Gasteiger partial charge in [-0.1, -0.05) is 0 Å². The molecular weight excluding hydrogens is 302 g/mol. The van der Waals surface area contributed by atoms with Crippen LogP contribution in [0.25, 0.3) is 0 Å². The van der Waals surface area contributed by atoms with Crippen LogP contribution in [0.15, 0.2) is 18.2 Å². The molecule has 0 unspecified atom stereocenters. The second-order valence-corrected chi connectivity index (χ2v) is 5.36. The van der Waals surface area contributed by atoms with Crippen molar-refractivity contribution in [2.45, 2.75) is 13.0 Å². The monoisotopic (exact) mass is 323 g/mol. The summed E-state index contributed by atoms with van der Waals surface area (Å²) in [5.74, 6) is -0.721. The number of esters is 1. The second kappa shape index (κ2) is 7.89. The first-order valence-electron chi connectivity index (χ1n) is 7.45. The Morgan fingerprint density at radius 1 is 1.48 bits per heavy atom. The summed E-state index contributed by atoms with van der Waals surface area (Å²) in [6.45, 7) is 6.00. The number of ether oxygens (including phenoxy) is 2. The van der Waals surface area contributed by atoms with E-state index in [2.05, 4.69) is 21.9 Å². The first kappa shape index (κ1) is 17.2. The Kier molecular flexibility index (Phi) is 5.89. The van der Waals surface area contributed by atoms with Crippen molar-refractivity contribution in [3.63, 3.8) is 0 Å². The van der Waals surface area contributed by atoms with Crippen molar-refractivity contribution in [3.8, 4) is 0 Å². The van der Waals surface area contributed by atoms with E-state index in [-0.39, 0.29) is 17.3 Å². The largest absolute Gasteiger partial charge is 0.465 e. The minimum absolute atomic E-state index is 0.0541. The second-order valence-electron chi connectivity index (χ2n) is 5.36. The van der Waals surface area contributed by atoms with Crippen molar-refractivity contribution in [2.75, 3.05) is 45.3 Å². The Hall–Kier alpha value is -2.19. The number of nitro benzene ring substituents is 1. The first-order chi connectivity index (χ1) is 11.0. The van der Waals surface area contributed by atoms with E-state index < -0.39 is 10.9 Å². The standard InChI is InChI=1S/C15H21N3O5/c1-11(17-5-7-23-8-6-17)10-16-12-3-4-14(18(20)21)13(9-12)15(19)22-2/h3-4,9,11,16H,5-8,10H2,1-2H3/t11-/m0/s1. The minimum Gasteiger partial charge on any atom is -0.465 e. The number of nitro groups is 1. The third kappa shape index (κ3) is 4.40. The van der Waals surface area contributed by atoms with Crippen LogP contribution in [0.2, 0.25) is 0 Å². The average molecular weight is 323 g/mol. The normalized spacial score (nSPS) is 16.6. The molecule has 2 rings (SSSR count). The SMILES string of the molecule is COC(=O)c1cc(NC[C@H](C)N2CCOCC2)ccc1[N+](=O)[O-]. The predicted molar refractivity (Wildman–Crippen MR) is 84.8 cm³/mol. The Morgan fingerprint density at radius 3 is 2.78 bits per heavy atom. The zero-order valence-electron chi connectivity index (χ0n) is 13.3. The van der Waals surface area contributed by atoms with Crippen LogP contribution in [0.4, 0.5) is 11.4 Å². The van der Waals surface area contributed by atoms with Crippen molar-refractivity contribution in [2.24, 2.45) is 0 Å². The Bertz CT molecular complexity index is 572. The van der Waals surface area contributed by atoms with Gasteiger partial charge in [0.05, 0.1) is 25.2 Å². The number of nitrogens with one attached hydrogen (secondary N) is 1. The number of hydrogen-bond donors (Lipinski definition) is 1. The average Bonchev–Trinajstić information content (AvgIpc) is 2.59. The predicted octanol–water partition coefficient (Wildman–Crippen LogP) is 1.51. The molecule has 1 heterocycles. The summed E-state index contributed by atoms with van der Waals surface area (Å²) in [5.41, 5.74) is 0.335. The molecular formula is C15H21N3O5. The number of hydrogen-bond acceptors (Lipinski definition) is 7. The van der Waals surface area contributed by atoms with Gasteiger partial charge in [-0.15, -0.1) is 0 Å². The van der Waals surface area contributed by atoms with Gasteiger partial charge in [0.2, 0.25) is 0 Å². The molecule has 0 bridgehead atoms. The summed E-state index contributed by atoms with van der Waals surface area (Å²) in [7, 11) is 1.20. The van der Waals surface area contributed by atoms with E-state index in [1.165, 1.54) is 19.2 Å². The lowest BCUT2D eigenvalue weighted by molar-refractivity contribution is -0.385. The zero-order valence-corrected chi connectivity index (χ0v) is 13.3. The molecule has 1 saturated heterocycles. The van der Waals surface area contributed by atoms with Gasteiger partial charge in [-0.05, 0) is 19.1 Å². The van der Waals surface area contributed by atoms with Gasteiger partial charge in [0, 0.05) is 37.4 Å². The van der Waals surface area contributed by atoms with Gasteiger partial charge in [-0.3, -0.25) is 15.0 Å². The molecule has 8 nitrogen and oxygen atoms in total. The molecule has 1 aromatic carbocycles. The maximum Gasteiger partial charge on any atom is 0.344 e. The van der Waals surface area contributed by atoms with Crippen molar-refractivity contribution in [3.05, 3.63) is 33.9 Å². The molecule has 8 heteroatoms. The smallest absolute Gasteiger partial charge is 0.344 e. The van der Waals surface area contributed by atoms with Gasteiger partial charge in [0.15, 0.2) is 0 Å². The molecule has 0 spiro atoms. The van der Waals surface area contributed by atoms with Crippen LogP contribution in [0, 0.1) is 10.1 Å². The first-order valence-corrected chi connectivity index (χ1v) is 7.45. The van der Waals surface area contributed by atoms with Crippen LogP contribution in [0.5, 0.6) is 0 Å². The van der Waals surface area contributed by atoms with Crippen molar-refractivity contribution in [1.82, 2.24) is 4.90 Å². The summed E-state index contributed by atoms with van der Waals surface area (Å²) in [5, 5.41) is 14.2. The van der Waals surface area contributed by atoms with E-state index in [9.17, 15) is 14.9 Å². The fourth-order valence-electron chi connectivity index (χ4n) is 2.49. The molecule has 1 aliphatic rings. The molecule has 0 aromatic heterocycles. The number of carbonyl (C=O) groups is 1. The zero-order chi connectivity index (χ0) is 16.8. The lowest BCUT2D eigenvalue weighted by Gasteiger charge is -2.32. The van der Waals surface area contributed by atoms with Crippen molar-refractivity contribution in [1.29, 1.82) is 0 Å². The third-order valence-electron chi connectivity index (χ3n) is 3.87. The van der Waals surface area contributed by atoms with Gasteiger partial charge in [-0.25, -0.2) is 4.79 Å². The summed E-state index contributed by atoms with van der Waals surface area (Å²) < 4.78 is 9.93. The van der Waals surface area contributed by atoms with E-state index in [1.807, 2.05) is 0 Å². The molecule has 126 valence electrons. The van der Waals surface area contributed by atoms with Crippen LogP contribution in [0.3, 0.4) is 0 Å². The maximum atomic E-state index is 11.7. The maximum absolute atomic E-state index is 11.7. The Morgan fingerprint density at radius 2 is 2.17 bits per heavy atom. The molecule has 0 saturated carbocycles. The van der Waals surface area contributed by atoms with Crippen LogP contribution in [-0.4, -0.2) is 61.8 Å². The fourth-order valence-corrected chi connectivity index (χ4v) is 2.49. The highest BCUT2D eigenvalue weighted by Gasteiger charge is 2.22. The summed E-state index contributed by atoms with van der Waals surface area (Å²) >= 11 is 0. The number of methoxy groups -OCH3 is 1. The van der Waals surface area contributed by atoms with Crippen molar-refractivity contribution < 1.29 is 19.2 Å². The molecule has 23 heavy (non-hydrogen) atoms. The van der Waals surface area contributed by atoms with E-state index in [4.69, 9.17) is 4.74 Å². The van der Waals surface area contributed by atoms with Crippen LogP contribution < -0.4 is 5.32 Å². The summed E-state index contributed by atoms with van der Waals surface area (Å²) in [6, 6.07) is 4.65. The Labute approximate surface area is 134 Å². The lowest BCUT2D eigenvalue weighted by Crippen LogP contribution is -2.45. The molecule has 1 fully saturated rings. The highest BCUT2D eigenvalue weighted by Crippen LogP contribution is 2.23. The van der Waals surface area contributed by atoms with Crippen LogP contribution >= 0.6 is 0 Å². The number of rotatable bonds is 6. The molecule has 1 atom stereocenters. The summed E-state index contributed by atoms with van der Waals surface area (Å²) in [6.07, 6.45) is 0. The molecule has 0 radical (unpaired) electrons. The number of benzene rings is 1. The number of carbonyl (C=O) groups excluding carboxylic acids is 1. The highest BCUT2D eigenvalue weighted by molar-refractivity contribution is 5.95. The van der Waals surface area contributed by atoms with E-state index in [1.54, 1.807) is 6.07 Å². The number of morpholine rings is 1. The van der Waals surface area contributed by atoms with Gasteiger partial charge >= 0.3 is 5.97 Å². The van der Waals surface area contributed by atoms with E-state index in [0.29, 0.717) is 12.2 Å². The lowest BCUT2D eigenvalue weighted by atomic mass is 10.1. The van der Waals surface area contributed by atoms with Gasteiger partial charge < -0.3 is 14.8 Å². The quantitative estimate of drug-likeness (QED) is 0.482. The topological polar surface area (TPSA) is 93.9 Å². The van der Waals surface area contributed by atoms with E-state index >= 15 is 0 Å². The van der Waals surface area contributed by atoms with Gasteiger partial charge in [0.1, 0.15) is 5.56 Å². The Balaban J connectivity index is 2.05. The number of anilines is 1. The molecule has 1 aromatic rings. The van der Waals surface area contributed by atoms with Crippen molar-refractivity contribution >= 4 is 17.3 Å². The third-order valence-corrected chi connectivity index (χ3v) is 3.87. The van der Waals surface area contributed by atoms with Gasteiger partial charge in [-0.2, -0.15) is 0 Å².